The summed E-state index contributed by atoms with van der Waals surface area (Å²) in [5, 5.41) is 30.9. The van der Waals surface area contributed by atoms with E-state index in [0.717, 1.165) is 17.0 Å². The Morgan fingerprint density at radius 3 is 2.13 bits per heavy atom. The van der Waals surface area contributed by atoms with Crippen molar-refractivity contribution in [2.24, 2.45) is 4.99 Å². The Morgan fingerprint density at radius 1 is 1.05 bits per heavy atom. The van der Waals surface area contributed by atoms with Gasteiger partial charge in [0.15, 0.2) is 0 Å². The number of nitrogens with zero attached hydrogens (tertiary/aromatic N) is 5. The highest BCUT2D eigenvalue weighted by Gasteiger charge is 2.42. The van der Waals surface area contributed by atoms with Gasteiger partial charge in [0.1, 0.15) is 18.4 Å². The van der Waals surface area contributed by atoms with Gasteiger partial charge in [-0.15, -0.1) is 0 Å². The molecule has 196 valence electrons. The maximum absolute atomic E-state index is 13.4. The van der Waals surface area contributed by atoms with Crippen LogP contribution in [-0.2, 0) is 14.3 Å². The van der Waals surface area contributed by atoms with E-state index in [1.54, 1.807) is 6.92 Å². The predicted octanol–water partition coefficient (Wildman–Crippen LogP) is 4.18. The molecule has 38 heavy (non-hydrogen) atoms. The Kier molecular flexibility index (Phi) is 8.67. The summed E-state index contributed by atoms with van der Waals surface area (Å²) in [5.74, 6) is -0.894. The number of carbonyl (C=O) groups excluding carboxylic acids is 2. The van der Waals surface area contributed by atoms with Crippen LogP contribution in [0.5, 0.6) is 5.75 Å². The van der Waals surface area contributed by atoms with Gasteiger partial charge in [0, 0.05) is 24.3 Å². The Hall–Kier alpha value is -5.32. The van der Waals surface area contributed by atoms with Crippen LogP contribution < -0.4 is 4.74 Å². The molecule has 0 unspecified atom stereocenters. The van der Waals surface area contributed by atoms with Gasteiger partial charge in [-0.2, -0.15) is 5.26 Å². The van der Waals surface area contributed by atoms with Gasteiger partial charge in [-0.05, 0) is 36.2 Å². The number of non-ortho nitro benzene ring substituents is 2. The average molecular weight is 523 g/mol. The molecule has 1 aliphatic rings. The first-order valence-electron chi connectivity index (χ1n) is 11.1. The summed E-state index contributed by atoms with van der Waals surface area (Å²) >= 11 is 0. The van der Waals surface area contributed by atoms with E-state index in [-0.39, 0.29) is 59.4 Å². The number of allylic oxidation sites excluding steroid dienone is 1. The first kappa shape index (κ1) is 27.3. The van der Waals surface area contributed by atoms with Crippen LogP contribution in [0.2, 0.25) is 0 Å². The van der Waals surface area contributed by atoms with Gasteiger partial charge in [0.05, 0.1) is 40.7 Å². The number of rotatable bonds is 8. The zero-order valence-electron chi connectivity index (χ0n) is 20.2. The number of hydrogen-bond donors (Lipinski definition) is 0. The van der Waals surface area contributed by atoms with Crippen LogP contribution in [0.15, 0.2) is 64.8 Å². The van der Waals surface area contributed by atoms with Gasteiger partial charge in [0.2, 0.25) is 0 Å². The van der Waals surface area contributed by atoms with Crippen LogP contribution in [-0.4, -0.2) is 46.5 Å². The third-order valence-electron chi connectivity index (χ3n) is 5.33. The van der Waals surface area contributed by atoms with E-state index in [1.165, 1.54) is 43.5 Å². The average Bonchev–Trinajstić information content (AvgIpc) is 2.92. The Labute approximate surface area is 215 Å². The SMILES string of the molecule is CCC1=C(C(=O)OCCC#N)[C@H](c2ccc([N+](=O)[O-])cc2)N(C(=O)Oc2ccc([N+](=O)[O-])cc2)C(OC)=N1. The van der Waals surface area contributed by atoms with E-state index in [0.29, 0.717) is 0 Å². The van der Waals surface area contributed by atoms with E-state index < -0.39 is 28.0 Å². The van der Waals surface area contributed by atoms with Crippen LogP contribution in [0.3, 0.4) is 0 Å². The highest BCUT2D eigenvalue weighted by Crippen LogP contribution is 2.38. The van der Waals surface area contributed by atoms with E-state index in [2.05, 4.69) is 4.99 Å². The second-order valence-electron chi connectivity index (χ2n) is 7.60. The van der Waals surface area contributed by atoms with Crippen molar-refractivity contribution in [3.63, 3.8) is 0 Å². The van der Waals surface area contributed by atoms with Crippen molar-refractivity contribution < 1.29 is 33.6 Å². The minimum absolute atomic E-state index is 0.0399. The lowest BCUT2D eigenvalue weighted by atomic mass is 9.93. The first-order chi connectivity index (χ1) is 18.2. The Morgan fingerprint density at radius 2 is 1.63 bits per heavy atom. The fourth-order valence-corrected chi connectivity index (χ4v) is 3.60. The maximum Gasteiger partial charge on any atom is 0.424 e. The van der Waals surface area contributed by atoms with Gasteiger partial charge < -0.3 is 14.2 Å². The largest absolute Gasteiger partial charge is 0.468 e. The van der Waals surface area contributed by atoms with Gasteiger partial charge in [-0.3, -0.25) is 20.2 Å². The molecule has 1 aliphatic heterocycles. The molecule has 0 aliphatic carbocycles. The summed E-state index contributed by atoms with van der Waals surface area (Å²) in [6.07, 6.45) is -0.897. The fourth-order valence-electron chi connectivity index (χ4n) is 3.60. The van der Waals surface area contributed by atoms with Crippen molar-refractivity contribution >= 4 is 29.5 Å². The molecule has 0 fully saturated rings. The molecule has 0 saturated heterocycles. The van der Waals surface area contributed by atoms with Crippen molar-refractivity contribution in [1.82, 2.24) is 4.90 Å². The zero-order valence-corrected chi connectivity index (χ0v) is 20.2. The molecule has 2 aromatic carbocycles. The molecule has 0 aromatic heterocycles. The van der Waals surface area contributed by atoms with Crippen LogP contribution in [0.25, 0.3) is 0 Å². The summed E-state index contributed by atoms with van der Waals surface area (Å²) in [6, 6.07) is 10.3. The minimum Gasteiger partial charge on any atom is -0.468 e. The lowest BCUT2D eigenvalue weighted by molar-refractivity contribution is -0.385. The number of nitro benzene ring substituents is 2. The van der Waals surface area contributed by atoms with Crippen molar-refractivity contribution in [1.29, 1.82) is 5.26 Å². The number of amides is 1. The number of esters is 1. The van der Waals surface area contributed by atoms with Crippen LogP contribution in [0.1, 0.15) is 31.4 Å². The van der Waals surface area contributed by atoms with Gasteiger partial charge in [-0.1, -0.05) is 6.92 Å². The first-order valence-corrected chi connectivity index (χ1v) is 11.1. The van der Waals surface area contributed by atoms with Crippen molar-refractivity contribution in [2.75, 3.05) is 13.7 Å². The summed E-state index contributed by atoms with van der Waals surface area (Å²) in [6.45, 7) is 1.50. The molecule has 0 radical (unpaired) electrons. The Bertz CT molecular complexity index is 1340. The number of ether oxygens (including phenoxy) is 3. The summed E-state index contributed by atoms with van der Waals surface area (Å²) in [7, 11) is 1.25. The van der Waals surface area contributed by atoms with Crippen LogP contribution in [0.4, 0.5) is 16.2 Å². The third kappa shape index (κ3) is 5.90. The van der Waals surface area contributed by atoms with Crippen molar-refractivity contribution in [3.05, 3.63) is 85.6 Å². The van der Waals surface area contributed by atoms with Gasteiger partial charge in [-0.25, -0.2) is 19.5 Å². The van der Waals surface area contributed by atoms with Crippen molar-refractivity contribution in [2.45, 2.75) is 25.8 Å². The van der Waals surface area contributed by atoms with Gasteiger partial charge >= 0.3 is 18.1 Å². The molecule has 0 spiro atoms. The maximum atomic E-state index is 13.4. The number of hydrogen-bond acceptors (Lipinski definition) is 11. The molecule has 1 heterocycles. The third-order valence-corrected chi connectivity index (χ3v) is 5.33. The second-order valence-corrected chi connectivity index (χ2v) is 7.60. The van der Waals surface area contributed by atoms with E-state index in [4.69, 9.17) is 19.5 Å². The number of nitro groups is 2. The van der Waals surface area contributed by atoms with Crippen LogP contribution >= 0.6 is 0 Å². The highest BCUT2D eigenvalue weighted by molar-refractivity contribution is 6.00. The lowest BCUT2D eigenvalue weighted by Crippen LogP contribution is -2.46. The summed E-state index contributed by atoms with van der Waals surface area (Å²) in [5.41, 5.74) is 0.0119. The number of aliphatic imine (C=N–C) groups is 1. The smallest absolute Gasteiger partial charge is 0.424 e. The molecule has 2 aromatic rings. The van der Waals surface area contributed by atoms with E-state index >= 15 is 0 Å². The molecule has 0 saturated carbocycles. The standard InChI is InChI=1S/C24H21N5O9/c1-3-19-20(22(30)37-14-4-13-25)21(15-5-7-16(8-6-15)28(32)33)27(23(26-19)36-2)24(31)38-18-11-9-17(10-12-18)29(34)35/h5-12,21H,3-4,14H2,1-2H3/t21-/m0/s1. The monoisotopic (exact) mass is 523 g/mol. The molecule has 0 N–H and O–H groups in total. The topological polar surface area (TPSA) is 188 Å². The lowest BCUT2D eigenvalue weighted by Gasteiger charge is -2.35. The second kappa shape index (κ2) is 12.1. The number of benzene rings is 2. The Balaban J connectivity index is 2.10. The van der Waals surface area contributed by atoms with E-state index in [9.17, 15) is 29.8 Å². The molecule has 14 nitrogen and oxygen atoms in total. The molecule has 3 rings (SSSR count). The van der Waals surface area contributed by atoms with E-state index in [1.807, 2.05) is 6.07 Å². The molecule has 0 bridgehead atoms. The molecule has 14 heteroatoms. The van der Waals surface area contributed by atoms with Crippen molar-refractivity contribution in [3.8, 4) is 11.8 Å². The number of nitriles is 1. The number of carbonyl (C=O) groups is 2. The normalized spacial score (nSPS) is 14.7. The quantitative estimate of drug-likeness (QED) is 0.210. The number of methoxy groups -OCH3 is 1. The van der Waals surface area contributed by atoms with Gasteiger partial charge in [0.25, 0.3) is 11.4 Å². The zero-order chi connectivity index (χ0) is 27.8. The fraction of sp³-hybridized carbons (Fsp3) is 0.250. The minimum atomic E-state index is -1.24. The molecule has 1 amide bonds. The molecular formula is C24H21N5O9. The summed E-state index contributed by atoms with van der Waals surface area (Å²) < 4.78 is 16.0. The molecule has 1 atom stereocenters. The summed E-state index contributed by atoms with van der Waals surface area (Å²) in [4.78, 5) is 52.7. The predicted molar refractivity (Wildman–Crippen MR) is 130 cm³/mol. The highest BCUT2D eigenvalue weighted by atomic mass is 16.6. The molecular weight excluding hydrogens is 502 g/mol. The van der Waals surface area contributed by atoms with Crippen LogP contribution in [0, 0.1) is 31.6 Å². The number of amidine groups is 1.